The summed E-state index contributed by atoms with van der Waals surface area (Å²) in [7, 11) is 1.72. The van der Waals surface area contributed by atoms with Gasteiger partial charge in [0.25, 0.3) is 0 Å². The maximum atomic E-state index is 5.47. The molecule has 1 aromatic heterocycles. The van der Waals surface area contributed by atoms with Crippen LogP contribution in [0.15, 0.2) is 36.7 Å². The second kappa shape index (κ2) is 7.84. The molecule has 2 rings (SSSR count). The zero-order chi connectivity index (χ0) is 15.1. The lowest BCUT2D eigenvalue weighted by Gasteiger charge is -2.20. The van der Waals surface area contributed by atoms with Gasteiger partial charge in [-0.15, -0.1) is 0 Å². The number of aromatic nitrogens is 2. The molecule has 4 heteroatoms. The van der Waals surface area contributed by atoms with Gasteiger partial charge in [-0.05, 0) is 37.9 Å². The maximum Gasteiger partial charge on any atom is 0.126 e. The third-order valence-corrected chi connectivity index (χ3v) is 3.66. The summed E-state index contributed by atoms with van der Waals surface area (Å²) in [5.41, 5.74) is 1.21. The van der Waals surface area contributed by atoms with Crippen LogP contribution in [0.25, 0.3) is 0 Å². The SMILES string of the molecule is CCCNC(Cc1ccccc1OC)c1nccn1CC. The Morgan fingerprint density at radius 1 is 1.29 bits per heavy atom. The van der Waals surface area contributed by atoms with Gasteiger partial charge in [-0.3, -0.25) is 0 Å². The zero-order valence-electron chi connectivity index (χ0n) is 13.2. The molecule has 0 aliphatic carbocycles. The number of rotatable bonds is 8. The molecule has 0 radical (unpaired) electrons. The fraction of sp³-hybridized carbons (Fsp3) is 0.471. The molecule has 1 atom stereocenters. The molecule has 0 saturated heterocycles. The van der Waals surface area contributed by atoms with Crippen molar-refractivity contribution >= 4 is 0 Å². The lowest BCUT2D eigenvalue weighted by Crippen LogP contribution is -2.27. The van der Waals surface area contributed by atoms with E-state index < -0.39 is 0 Å². The van der Waals surface area contributed by atoms with Crippen LogP contribution in [0.2, 0.25) is 0 Å². The summed E-state index contributed by atoms with van der Waals surface area (Å²) in [5, 5.41) is 3.61. The summed E-state index contributed by atoms with van der Waals surface area (Å²) in [4.78, 5) is 4.55. The molecule has 2 aromatic rings. The van der Waals surface area contributed by atoms with Crippen molar-refractivity contribution < 1.29 is 4.74 Å². The minimum Gasteiger partial charge on any atom is -0.496 e. The first-order chi connectivity index (χ1) is 10.3. The van der Waals surface area contributed by atoms with E-state index in [0.717, 1.165) is 37.5 Å². The topological polar surface area (TPSA) is 39.1 Å². The van der Waals surface area contributed by atoms with E-state index in [2.05, 4.69) is 40.8 Å². The average Bonchev–Trinajstić information content (AvgIpc) is 3.00. The number of imidazole rings is 1. The average molecular weight is 287 g/mol. The van der Waals surface area contributed by atoms with E-state index in [1.807, 2.05) is 24.5 Å². The lowest BCUT2D eigenvalue weighted by atomic mass is 10.0. The fourth-order valence-corrected chi connectivity index (χ4v) is 2.56. The van der Waals surface area contributed by atoms with Crippen molar-refractivity contribution in [1.29, 1.82) is 0 Å². The summed E-state index contributed by atoms with van der Waals surface area (Å²) in [5.74, 6) is 2.03. The Bertz CT molecular complexity index is 550. The van der Waals surface area contributed by atoms with Crippen molar-refractivity contribution in [2.75, 3.05) is 13.7 Å². The van der Waals surface area contributed by atoms with Gasteiger partial charge >= 0.3 is 0 Å². The number of nitrogens with zero attached hydrogens (tertiary/aromatic N) is 2. The van der Waals surface area contributed by atoms with Gasteiger partial charge in [-0.2, -0.15) is 0 Å². The van der Waals surface area contributed by atoms with Crippen LogP contribution in [-0.4, -0.2) is 23.2 Å². The van der Waals surface area contributed by atoms with Gasteiger partial charge in [0.05, 0.1) is 13.2 Å². The third kappa shape index (κ3) is 3.85. The molecule has 1 N–H and O–H groups in total. The first kappa shape index (κ1) is 15.6. The summed E-state index contributed by atoms with van der Waals surface area (Å²) >= 11 is 0. The Hall–Kier alpha value is -1.81. The van der Waals surface area contributed by atoms with Crippen LogP contribution in [0.5, 0.6) is 5.75 Å². The number of ether oxygens (including phenoxy) is 1. The maximum absolute atomic E-state index is 5.47. The van der Waals surface area contributed by atoms with Gasteiger partial charge < -0.3 is 14.6 Å². The Labute approximate surface area is 127 Å². The van der Waals surface area contributed by atoms with Crippen LogP contribution in [0.1, 0.15) is 37.7 Å². The molecule has 0 aliphatic heterocycles. The molecular weight excluding hydrogens is 262 g/mol. The molecular formula is C17H25N3O. The Morgan fingerprint density at radius 3 is 2.81 bits per heavy atom. The standard InChI is InChI=1S/C17H25N3O/c1-4-10-18-15(17-19-11-12-20(17)5-2)13-14-8-6-7-9-16(14)21-3/h6-9,11-12,15,18H,4-5,10,13H2,1-3H3. The number of para-hydroxylation sites is 1. The third-order valence-electron chi connectivity index (χ3n) is 3.66. The lowest BCUT2D eigenvalue weighted by molar-refractivity contribution is 0.402. The molecule has 1 heterocycles. The predicted molar refractivity (Wildman–Crippen MR) is 85.6 cm³/mol. The van der Waals surface area contributed by atoms with Crippen LogP contribution in [0.3, 0.4) is 0 Å². The molecule has 4 nitrogen and oxygen atoms in total. The van der Waals surface area contributed by atoms with Gasteiger partial charge in [0.2, 0.25) is 0 Å². The molecule has 1 unspecified atom stereocenters. The van der Waals surface area contributed by atoms with Crippen LogP contribution in [0.4, 0.5) is 0 Å². The van der Waals surface area contributed by atoms with Gasteiger partial charge in [-0.1, -0.05) is 25.1 Å². The highest BCUT2D eigenvalue weighted by Gasteiger charge is 2.18. The fourth-order valence-electron chi connectivity index (χ4n) is 2.56. The molecule has 0 saturated carbocycles. The molecule has 0 bridgehead atoms. The number of hydrogen-bond acceptors (Lipinski definition) is 3. The Kier molecular flexibility index (Phi) is 5.81. The smallest absolute Gasteiger partial charge is 0.126 e. The molecule has 21 heavy (non-hydrogen) atoms. The van der Waals surface area contributed by atoms with E-state index in [9.17, 15) is 0 Å². The van der Waals surface area contributed by atoms with E-state index in [4.69, 9.17) is 4.74 Å². The van der Waals surface area contributed by atoms with Crippen LogP contribution in [0, 0.1) is 0 Å². The largest absolute Gasteiger partial charge is 0.496 e. The molecule has 114 valence electrons. The summed E-state index contributed by atoms with van der Waals surface area (Å²) in [6, 6.07) is 8.40. The quantitative estimate of drug-likeness (QED) is 0.810. The van der Waals surface area contributed by atoms with Gasteiger partial charge in [0.1, 0.15) is 11.6 Å². The highest BCUT2D eigenvalue weighted by Crippen LogP contribution is 2.24. The summed E-state index contributed by atoms with van der Waals surface area (Å²) in [6.45, 7) is 6.24. The highest BCUT2D eigenvalue weighted by molar-refractivity contribution is 5.34. The number of hydrogen-bond donors (Lipinski definition) is 1. The minimum absolute atomic E-state index is 0.205. The highest BCUT2D eigenvalue weighted by atomic mass is 16.5. The van der Waals surface area contributed by atoms with Crippen LogP contribution < -0.4 is 10.1 Å². The van der Waals surface area contributed by atoms with E-state index in [0.29, 0.717) is 0 Å². The summed E-state index contributed by atoms with van der Waals surface area (Å²) < 4.78 is 7.67. The Balaban J connectivity index is 2.24. The monoisotopic (exact) mass is 287 g/mol. The van der Waals surface area contributed by atoms with E-state index in [1.54, 1.807) is 7.11 Å². The van der Waals surface area contributed by atoms with E-state index in [-0.39, 0.29) is 6.04 Å². The second-order valence-electron chi connectivity index (χ2n) is 5.09. The zero-order valence-corrected chi connectivity index (χ0v) is 13.2. The van der Waals surface area contributed by atoms with Gasteiger partial charge in [-0.25, -0.2) is 4.98 Å². The summed E-state index contributed by atoms with van der Waals surface area (Å²) in [6.07, 6.45) is 5.90. The Morgan fingerprint density at radius 2 is 2.10 bits per heavy atom. The molecule has 1 aromatic carbocycles. The van der Waals surface area contributed by atoms with Crippen molar-refractivity contribution in [1.82, 2.24) is 14.9 Å². The predicted octanol–water partition coefficient (Wildman–Crippen LogP) is 3.20. The van der Waals surface area contributed by atoms with Crippen LogP contribution in [-0.2, 0) is 13.0 Å². The molecule has 0 amide bonds. The normalized spacial score (nSPS) is 12.3. The van der Waals surface area contributed by atoms with E-state index >= 15 is 0 Å². The van der Waals surface area contributed by atoms with Crippen molar-refractivity contribution in [3.8, 4) is 5.75 Å². The van der Waals surface area contributed by atoms with Crippen molar-refractivity contribution in [3.63, 3.8) is 0 Å². The van der Waals surface area contributed by atoms with Crippen molar-refractivity contribution in [2.24, 2.45) is 0 Å². The first-order valence-corrected chi connectivity index (χ1v) is 7.66. The molecule has 0 spiro atoms. The molecule has 0 fully saturated rings. The van der Waals surface area contributed by atoms with Crippen LogP contribution >= 0.6 is 0 Å². The number of methoxy groups -OCH3 is 1. The first-order valence-electron chi connectivity index (χ1n) is 7.66. The minimum atomic E-state index is 0.205. The number of nitrogens with one attached hydrogen (secondary N) is 1. The van der Waals surface area contributed by atoms with Crippen molar-refractivity contribution in [2.45, 2.75) is 39.3 Å². The second-order valence-corrected chi connectivity index (χ2v) is 5.09. The molecule has 0 aliphatic rings. The van der Waals surface area contributed by atoms with Gasteiger partial charge in [0.15, 0.2) is 0 Å². The van der Waals surface area contributed by atoms with Crippen molar-refractivity contribution in [3.05, 3.63) is 48.0 Å². The number of benzene rings is 1. The van der Waals surface area contributed by atoms with Gasteiger partial charge in [0, 0.05) is 18.9 Å². The van der Waals surface area contributed by atoms with E-state index in [1.165, 1.54) is 5.56 Å². The number of aryl methyl sites for hydroxylation is 1.